The Morgan fingerprint density at radius 3 is 1.06 bits per heavy atom. The van der Waals surface area contributed by atoms with Gasteiger partial charge in [-0.1, -0.05) is 103 Å². The molecule has 0 aromatic carbocycles. The highest BCUT2D eigenvalue weighted by molar-refractivity contribution is 6.70. The Hall–Kier alpha value is 0.137. The normalized spacial score (nSPS) is 27.1. The lowest BCUT2D eigenvalue weighted by Crippen LogP contribution is -2.55. The van der Waals surface area contributed by atoms with Crippen molar-refractivity contribution in [1.82, 2.24) is 0 Å². The summed E-state index contributed by atoms with van der Waals surface area (Å²) >= 11 is 0. The average molecular weight is 477 g/mol. The minimum absolute atomic E-state index is 0.499. The second kappa shape index (κ2) is 14.0. The molecule has 4 aliphatic rings. The van der Waals surface area contributed by atoms with Crippen molar-refractivity contribution in [2.24, 2.45) is 11.8 Å². The molecule has 4 fully saturated rings. The third kappa shape index (κ3) is 7.10. The second-order valence-corrected chi connectivity index (χ2v) is 16.1. The fraction of sp³-hybridized carbons (Fsp3) is 1.00. The van der Waals surface area contributed by atoms with Gasteiger partial charge in [-0.2, -0.15) is 0 Å². The summed E-state index contributed by atoms with van der Waals surface area (Å²) < 4.78 is 14.8. The molecular formula is C30H56O2Si. The van der Waals surface area contributed by atoms with Gasteiger partial charge in [-0.3, -0.25) is 0 Å². The van der Waals surface area contributed by atoms with Crippen molar-refractivity contribution in [2.75, 3.05) is 7.11 Å². The quantitative estimate of drug-likeness (QED) is 0.269. The van der Waals surface area contributed by atoms with Crippen molar-refractivity contribution in [2.45, 2.75) is 171 Å². The maximum atomic E-state index is 7.88. The lowest BCUT2D eigenvalue weighted by Gasteiger charge is -2.47. The van der Waals surface area contributed by atoms with E-state index >= 15 is 0 Å². The minimum atomic E-state index is -2.30. The van der Waals surface area contributed by atoms with Gasteiger partial charge < -0.3 is 8.85 Å². The molecule has 3 heteroatoms. The van der Waals surface area contributed by atoms with Gasteiger partial charge in [0.2, 0.25) is 0 Å². The largest absolute Gasteiger partial charge is 0.397 e. The Balaban J connectivity index is 1.65. The van der Waals surface area contributed by atoms with Gasteiger partial charge in [0, 0.05) is 18.2 Å². The van der Waals surface area contributed by atoms with E-state index in [2.05, 4.69) is 7.11 Å². The standard InChI is InChI=1S/C30H56O2Si/c1-31-33(28-22-14-6-7-15-23-28,29-24-16-8-9-17-25-29)32-30(26-18-10-2-3-11-19-26)27-20-12-4-5-13-21-27/h26-30H,2-25H2,1H3. The van der Waals surface area contributed by atoms with E-state index in [1.165, 1.54) is 154 Å². The van der Waals surface area contributed by atoms with Crippen LogP contribution in [0.5, 0.6) is 0 Å². The van der Waals surface area contributed by atoms with E-state index < -0.39 is 8.56 Å². The van der Waals surface area contributed by atoms with Gasteiger partial charge in [0.1, 0.15) is 0 Å². The van der Waals surface area contributed by atoms with Crippen molar-refractivity contribution in [3.05, 3.63) is 0 Å². The second-order valence-electron chi connectivity index (χ2n) is 12.4. The molecule has 0 unspecified atom stereocenters. The third-order valence-corrected chi connectivity index (χ3v) is 14.9. The lowest BCUT2D eigenvalue weighted by atomic mass is 9.82. The summed E-state index contributed by atoms with van der Waals surface area (Å²) in [6.07, 6.45) is 34.7. The van der Waals surface area contributed by atoms with Gasteiger partial charge >= 0.3 is 8.56 Å². The van der Waals surface area contributed by atoms with Gasteiger partial charge in [-0.05, 0) is 63.2 Å². The SMILES string of the molecule is CO[Si](OC(C1CCCCCC1)C1CCCCCC1)(C1CCCCCC1)C1CCCCCC1. The Bertz CT molecular complexity index is 465. The van der Waals surface area contributed by atoms with Crippen molar-refractivity contribution in [3.63, 3.8) is 0 Å². The molecule has 4 rings (SSSR count). The van der Waals surface area contributed by atoms with Crippen LogP contribution in [0.4, 0.5) is 0 Å². The Labute approximate surface area is 207 Å². The first kappa shape index (κ1) is 26.2. The van der Waals surface area contributed by atoms with Gasteiger partial charge in [0.15, 0.2) is 0 Å². The van der Waals surface area contributed by atoms with Crippen LogP contribution >= 0.6 is 0 Å². The lowest BCUT2D eigenvalue weighted by molar-refractivity contribution is 0.0145. The topological polar surface area (TPSA) is 18.5 Å². The molecule has 0 atom stereocenters. The van der Waals surface area contributed by atoms with Crippen molar-refractivity contribution < 1.29 is 8.85 Å². The molecule has 0 radical (unpaired) electrons. The molecule has 4 saturated carbocycles. The van der Waals surface area contributed by atoms with Crippen LogP contribution in [0.25, 0.3) is 0 Å². The van der Waals surface area contributed by atoms with Gasteiger partial charge in [0.25, 0.3) is 0 Å². The molecule has 0 aliphatic heterocycles. The number of rotatable bonds is 7. The predicted octanol–water partition coefficient (Wildman–Crippen LogP) is 9.85. The summed E-state index contributed by atoms with van der Waals surface area (Å²) in [5.41, 5.74) is 1.49. The van der Waals surface area contributed by atoms with E-state index in [0.29, 0.717) is 6.10 Å². The summed E-state index contributed by atoms with van der Waals surface area (Å²) in [4.78, 5) is 0. The molecule has 33 heavy (non-hydrogen) atoms. The molecule has 4 aliphatic carbocycles. The molecule has 0 N–H and O–H groups in total. The molecule has 0 heterocycles. The van der Waals surface area contributed by atoms with Crippen molar-refractivity contribution in [1.29, 1.82) is 0 Å². The minimum Gasteiger partial charge on any atom is -0.397 e. The van der Waals surface area contributed by atoms with Crippen molar-refractivity contribution in [3.8, 4) is 0 Å². The first-order chi connectivity index (χ1) is 16.3. The molecule has 0 bridgehead atoms. The fourth-order valence-electron chi connectivity index (χ4n) is 8.34. The van der Waals surface area contributed by atoms with Crippen LogP contribution in [0.3, 0.4) is 0 Å². The summed E-state index contributed by atoms with van der Waals surface area (Å²) in [7, 11) is -0.200. The van der Waals surface area contributed by atoms with E-state index in [1.807, 2.05) is 0 Å². The predicted molar refractivity (Wildman–Crippen MR) is 143 cm³/mol. The van der Waals surface area contributed by atoms with Crippen LogP contribution in [0.1, 0.15) is 154 Å². The highest BCUT2D eigenvalue weighted by atomic mass is 28.4. The molecular weight excluding hydrogens is 420 g/mol. The average Bonchev–Trinajstić information content (AvgIpc) is 3.45. The zero-order valence-electron chi connectivity index (χ0n) is 22.2. The maximum Gasteiger partial charge on any atom is 0.344 e. The first-order valence-corrected chi connectivity index (χ1v) is 17.5. The summed E-state index contributed by atoms with van der Waals surface area (Å²) in [5, 5.41) is 0. The maximum absolute atomic E-state index is 7.88. The summed E-state index contributed by atoms with van der Waals surface area (Å²) in [6.45, 7) is 0. The van der Waals surface area contributed by atoms with Gasteiger partial charge in [-0.25, -0.2) is 0 Å². The van der Waals surface area contributed by atoms with Crippen LogP contribution < -0.4 is 0 Å². The van der Waals surface area contributed by atoms with E-state index in [0.717, 1.165) is 22.9 Å². The number of hydrogen-bond donors (Lipinski definition) is 0. The molecule has 0 aromatic rings. The van der Waals surface area contributed by atoms with Crippen LogP contribution in [0.2, 0.25) is 11.1 Å². The Kier molecular flexibility index (Phi) is 11.1. The monoisotopic (exact) mass is 476 g/mol. The molecule has 192 valence electrons. The van der Waals surface area contributed by atoms with E-state index in [4.69, 9.17) is 8.85 Å². The molecule has 0 spiro atoms. The van der Waals surface area contributed by atoms with Crippen molar-refractivity contribution >= 4 is 8.56 Å². The third-order valence-electron chi connectivity index (χ3n) is 10.2. The molecule has 0 saturated heterocycles. The van der Waals surface area contributed by atoms with E-state index in [9.17, 15) is 0 Å². The van der Waals surface area contributed by atoms with Crippen LogP contribution in [0, 0.1) is 11.8 Å². The fourth-order valence-corrected chi connectivity index (χ4v) is 13.4. The molecule has 0 amide bonds. The van der Waals surface area contributed by atoms with Crippen LogP contribution in [0.15, 0.2) is 0 Å². The highest BCUT2D eigenvalue weighted by Crippen LogP contribution is 2.50. The van der Waals surface area contributed by atoms with E-state index in [-0.39, 0.29) is 0 Å². The Morgan fingerprint density at radius 2 is 0.758 bits per heavy atom. The molecule has 2 nitrogen and oxygen atoms in total. The van der Waals surface area contributed by atoms with Gasteiger partial charge in [0.05, 0.1) is 6.10 Å². The molecule has 0 aromatic heterocycles. The van der Waals surface area contributed by atoms with Crippen LogP contribution in [-0.4, -0.2) is 21.8 Å². The summed E-state index contributed by atoms with van der Waals surface area (Å²) in [5.74, 6) is 1.60. The first-order valence-electron chi connectivity index (χ1n) is 15.6. The van der Waals surface area contributed by atoms with E-state index in [1.54, 1.807) is 0 Å². The smallest absolute Gasteiger partial charge is 0.344 e. The van der Waals surface area contributed by atoms with Crippen LogP contribution in [-0.2, 0) is 8.85 Å². The zero-order valence-corrected chi connectivity index (χ0v) is 23.2. The summed E-state index contributed by atoms with van der Waals surface area (Å²) in [6, 6.07) is 0. The highest BCUT2D eigenvalue weighted by Gasteiger charge is 2.54. The number of hydrogen-bond acceptors (Lipinski definition) is 2. The Morgan fingerprint density at radius 1 is 0.455 bits per heavy atom. The zero-order chi connectivity index (χ0) is 22.8. The van der Waals surface area contributed by atoms with Gasteiger partial charge in [-0.15, -0.1) is 0 Å².